The number of fused-ring (bicyclic) bond motifs is 1. The summed E-state index contributed by atoms with van der Waals surface area (Å²) in [6.07, 6.45) is 0. The Labute approximate surface area is 125 Å². The Morgan fingerprint density at radius 3 is 2.48 bits per heavy atom. The number of hydrogen-bond donors (Lipinski definition) is 1. The van der Waals surface area contributed by atoms with E-state index in [2.05, 4.69) is 9.88 Å². The molecule has 1 amide bonds. The molecule has 0 radical (unpaired) electrons. The number of rotatable bonds is 5. The number of para-hydroxylation sites is 1. The van der Waals surface area contributed by atoms with Crippen molar-refractivity contribution in [2.24, 2.45) is 5.73 Å². The van der Waals surface area contributed by atoms with Gasteiger partial charge >= 0.3 is 0 Å². The Kier molecular flexibility index (Phi) is 4.43. The van der Waals surface area contributed by atoms with Crippen molar-refractivity contribution in [3.05, 3.63) is 35.4 Å². The van der Waals surface area contributed by atoms with Crippen molar-refractivity contribution >= 4 is 22.6 Å². The van der Waals surface area contributed by atoms with Crippen LogP contribution in [0.2, 0.25) is 0 Å². The number of carbonyl (C=O) groups is 1. The Morgan fingerprint density at radius 2 is 1.86 bits per heavy atom. The fraction of sp³-hybridized carbons (Fsp3) is 0.375. The summed E-state index contributed by atoms with van der Waals surface area (Å²) in [5, 5.41) is 0.969. The van der Waals surface area contributed by atoms with E-state index in [1.807, 2.05) is 57.2 Å². The highest BCUT2D eigenvalue weighted by Gasteiger charge is 2.19. The number of nitrogens with two attached hydrogens (primary N) is 1. The second-order valence-corrected chi connectivity index (χ2v) is 5.54. The van der Waals surface area contributed by atoms with E-state index in [9.17, 15) is 4.79 Å². The van der Waals surface area contributed by atoms with E-state index in [4.69, 9.17) is 5.73 Å². The van der Waals surface area contributed by atoms with Gasteiger partial charge in [-0.1, -0.05) is 18.2 Å². The van der Waals surface area contributed by atoms with Crippen molar-refractivity contribution in [1.29, 1.82) is 0 Å². The fourth-order valence-corrected chi connectivity index (χ4v) is 2.39. The third-order valence-electron chi connectivity index (χ3n) is 3.62. The van der Waals surface area contributed by atoms with Gasteiger partial charge in [0.2, 0.25) is 0 Å². The lowest BCUT2D eigenvalue weighted by Crippen LogP contribution is -2.31. The molecule has 0 fully saturated rings. The third kappa shape index (κ3) is 3.13. The van der Waals surface area contributed by atoms with Gasteiger partial charge in [0.1, 0.15) is 5.82 Å². The first kappa shape index (κ1) is 15.3. The Bertz CT molecular complexity index is 667. The molecule has 0 spiro atoms. The minimum Gasteiger partial charge on any atom is -0.365 e. The van der Waals surface area contributed by atoms with Crippen LogP contribution in [0, 0.1) is 6.92 Å². The predicted octanol–water partition coefficient (Wildman–Crippen LogP) is 1.64. The lowest BCUT2D eigenvalue weighted by Gasteiger charge is -2.24. The van der Waals surface area contributed by atoms with Crippen molar-refractivity contribution in [3.8, 4) is 0 Å². The summed E-state index contributed by atoms with van der Waals surface area (Å²) in [6, 6.07) is 7.81. The average Bonchev–Trinajstić information content (AvgIpc) is 2.44. The van der Waals surface area contributed by atoms with Gasteiger partial charge in [-0.05, 0) is 32.6 Å². The molecule has 0 saturated carbocycles. The molecule has 21 heavy (non-hydrogen) atoms. The topological polar surface area (TPSA) is 62.5 Å². The number of carbonyl (C=O) groups excluding carboxylic acids is 1. The van der Waals surface area contributed by atoms with Gasteiger partial charge < -0.3 is 15.5 Å². The zero-order valence-electron chi connectivity index (χ0n) is 13.1. The van der Waals surface area contributed by atoms with Crippen LogP contribution >= 0.6 is 0 Å². The standard InChI is InChI=1S/C16H22N4O/c1-11-12-7-5-6-8-13(12)18-16(14(11)15(17)21)20(4)10-9-19(2)3/h5-8H,9-10H2,1-4H3,(H2,17,21). The zero-order valence-corrected chi connectivity index (χ0v) is 13.1. The molecule has 0 atom stereocenters. The van der Waals surface area contributed by atoms with Gasteiger partial charge in [0.25, 0.3) is 5.91 Å². The van der Waals surface area contributed by atoms with Crippen LogP contribution in [0.25, 0.3) is 10.9 Å². The summed E-state index contributed by atoms with van der Waals surface area (Å²) in [7, 11) is 5.97. The van der Waals surface area contributed by atoms with Crippen LogP contribution in [-0.4, -0.2) is 50.0 Å². The van der Waals surface area contributed by atoms with E-state index in [0.29, 0.717) is 11.4 Å². The number of primary amides is 1. The van der Waals surface area contributed by atoms with Crippen LogP contribution in [0.5, 0.6) is 0 Å². The number of hydrogen-bond acceptors (Lipinski definition) is 4. The van der Waals surface area contributed by atoms with Crippen LogP contribution in [0.1, 0.15) is 15.9 Å². The lowest BCUT2D eigenvalue weighted by molar-refractivity contribution is 0.1000. The molecule has 2 N–H and O–H groups in total. The van der Waals surface area contributed by atoms with E-state index in [1.165, 1.54) is 0 Å². The van der Waals surface area contributed by atoms with E-state index in [1.54, 1.807) is 0 Å². The molecule has 0 unspecified atom stereocenters. The Hall–Kier alpha value is -2.14. The minimum atomic E-state index is -0.433. The maximum atomic E-state index is 11.9. The second-order valence-electron chi connectivity index (χ2n) is 5.54. The number of aryl methyl sites for hydroxylation is 1. The van der Waals surface area contributed by atoms with Gasteiger partial charge in [-0.3, -0.25) is 4.79 Å². The van der Waals surface area contributed by atoms with E-state index < -0.39 is 5.91 Å². The summed E-state index contributed by atoms with van der Waals surface area (Å²) >= 11 is 0. The minimum absolute atomic E-state index is 0.433. The van der Waals surface area contributed by atoms with Crippen molar-refractivity contribution in [2.75, 3.05) is 39.1 Å². The van der Waals surface area contributed by atoms with Gasteiger partial charge in [-0.2, -0.15) is 0 Å². The van der Waals surface area contributed by atoms with Gasteiger partial charge in [-0.25, -0.2) is 4.98 Å². The highest BCUT2D eigenvalue weighted by molar-refractivity contribution is 6.04. The molecule has 0 aliphatic heterocycles. The molecule has 2 aromatic rings. The Balaban J connectivity index is 2.55. The lowest BCUT2D eigenvalue weighted by atomic mass is 10.0. The smallest absolute Gasteiger partial charge is 0.252 e. The average molecular weight is 286 g/mol. The van der Waals surface area contributed by atoms with Crippen molar-refractivity contribution < 1.29 is 4.79 Å². The molecule has 0 bridgehead atoms. The number of nitrogens with zero attached hydrogens (tertiary/aromatic N) is 3. The van der Waals surface area contributed by atoms with Crippen molar-refractivity contribution in [1.82, 2.24) is 9.88 Å². The van der Waals surface area contributed by atoms with Crippen molar-refractivity contribution in [2.45, 2.75) is 6.92 Å². The maximum Gasteiger partial charge on any atom is 0.252 e. The molecule has 2 rings (SSSR count). The van der Waals surface area contributed by atoms with Crippen LogP contribution in [0.3, 0.4) is 0 Å². The Morgan fingerprint density at radius 1 is 1.19 bits per heavy atom. The molecule has 1 aromatic carbocycles. The monoisotopic (exact) mass is 286 g/mol. The van der Waals surface area contributed by atoms with Crippen molar-refractivity contribution in [3.63, 3.8) is 0 Å². The van der Waals surface area contributed by atoms with E-state index in [-0.39, 0.29) is 0 Å². The number of anilines is 1. The first-order valence-electron chi connectivity index (χ1n) is 6.97. The predicted molar refractivity (Wildman–Crippen MR) is 86.8 cm³/mol. The van der Waals surface area contributed by atoms with E-state index in [0.717, 1.165) is 29.6 Å². The normalized spacial score (nSPS) is 11.1. The highest BCUT2D eigenvalue weighted by atomic mass is 16.1. The molecular weight excluding hydrogens is 264 g/mol. The highest BCUT2D eigenvalue weighted by Crippen LogP contribution is 2.27. The largest absolute Gasteiger partial charge is 0.365 e. The summed E-state index contributed by atoms with van der Waals surface area (Å²) in [5.74, 6) is 0.220. The molecule has 112 valence electrons. The van der Waals surface area contributed by atoms with Gasteiger partial charge in [-0.15, -0.1) is 0 Å². The summed E-state index contributed by atoms with van der Waals surface area (Å²) in [5.41, 5.74) is 7.86. The molecule has 0 aliphatic rings. The van der Waals surface area contributed by atoms with Gasteiger partial charge in [0.15, 0.2) is 0 Å². The molecule has 0 aliphatic carbocycles. The third-order valence-corrected chi connectivity index (χ3v) is 3.62. The van der Waals surface area contributed by atoms with Crippen LogP contribution in [0.15, 0.2) is 24.3 Å². The number of amides is 1. The molecule has 1 heterocycles. The summed E-state index contributed by atoms with van der Waals surface area (Å²) in [6.45, 7) is 3.58. The van der Waals surface area contributed by atoms with E-state index >= 15 is 0 Å². The molecular formula is C16H22N4O. The van der Waals surface area contributed by atoms with Gasteiger partial charge in [0, 0.05) is 25.5 Å². The number of pyridine rings is 1. The van der Waals surface area contributed by atoms with Crippen LogP contribution in [-0.2, 0) is 0 Å². The van der Waals surface area contributed by atoms with Crippen LogP contribution < -0.4 is 10.6 Å². The van der Waals surface area contributed by atoms with Gasteiger partial charge in [0.05, 0.1) is 11.1 Å². The molecule has 1 aromatic heterocycles. The maximum absolute atomic E-state index is 11.9. The first-order valence-corrected chi connectivity index (χ1v) is 6.97. The second kappa shape index (κ2) is 6.10. The van der Waals surface area contributed by atoms with Crippen LogP contribution in [0.4, 0.5) is 5.82 Å². The quantitative estimate of drug-likeness (QED) is 0.907. The first-order chi connectivity index (χ1) is 9.91. The number of likely N-dealkylation sites (N-methyl/N-ethyl adjacent to an activating group) is 2. The SMILES string of the molecule is Cc1c(C(N)=O)c(N(C)CCN(C)C)nc2ccccc12. The summed E-state index contributed by atoms with van der Waals surface area (Å²) in [4.78, 5) is 20.6. The fourth-order valence-electron chi connectivity index (χ4n) is 2.39. The molecule has 0 saturated heterocycles. The number of benzene rings is 1. The zero-order chi connectivity index (χ0) is 15.6. The molecule has 5 nitrogen and oxygen atoms in total. The molecule has 5 heteroatoms. The summed E-state index contributed by atoms with van der Waals surface area (Å²) < 4.78 is 0. The number of aromatic nitrogens is 1.